The van der Waals surface area contributed by atoms with E-state index in [1.807, 2.05) is 79.8 Å². The lowest BCUT2D eigenvalue weighted by atomic mass is 10.0. The summed E-state index contributed by atoms with van der Waals surface area (Å²) >= 11 is 0. The molecule has 0 N–H and O–H groups in total. The summed E-state index contributed by atoms with van der Waals surface area (Å²) in [5.41, 5.74) is 10.5. The average Bonchev–Trinajstić information content (AvgIpc) is 3.89. The molecule has 0 unspecified atom stereocenters. The van der Waals surface area contributed by atoms with Crippen molar-refractivity contribution < 1.29 is 0 Å². The summed E-state index contributed by atoms with van der Waals surface area (Å²) < 4.78 is 6.42. The summed E-state index contributed by atoms with van der Waals surface area (Å²) in [5.74, 6) is 0.598. The van der Waals surface area contributed by atoms with Gasteiger partial charge in [-0.15, -0.1) is 0 Å². The predicted molar refractivity (Wildman–Crippen MR) is 199 cm³/mol. The van der Waals surface area contributed by atoms with Gasteiger partial charge in [-0.2, -0.15) is 0 Å². The molecule has 5 heterocycles. The van der Waals surface area contributed by atoms with Crippen LogP contribution in [-0.4, -0.2) is 38.6 Å². The first-order valence-electron chi connectivity index (χ1n) is 16.9. The van der Waals surface area contributed by atoms with E-state index in [2.05, 4.69) is 118 Å². The molecule has 48 heavy (non-hydrogen) atoms. The lowest BCUT2D eigenvalue weighted by Crippen LogP contribution is -1.98. The number of nitrogens with zero attached hydrogens (tertiary/aromatic N) is 8. The van der Waals surface area contributed by atoms with Gasteiger partial charge < -0.3 is 13.7 Å². The lowest BCUT2D eigenvalue weighted by Gasteiger charge is -2.06. The molecule has 8 nitrogen and oxygen atoms in total. The van der Waals surface area contributed by atoms with Crippen molar-refractivity contribution in [1.29, 1.82) is 0 Å². The van der Waals surface area contributed by atoms with Gasteiger partial charge >= 0.3 is 0 Å². The van der Waals surface area contributed by atoms with Gasteiger partial charge in [-0.3, -0.25) is 4.98 Å². The van der Waals surface area contributed by atoms with E-state index in [1.54, 1.807) is 6.20 Å². The molecular weight excluding hydrogens is 592 g/mol. The second kappa shape index (κ2) is 15.7. The Balaban J connectivity index is 0.000000125. The molecule has 0 saturated carbocycles. The van der Waals surface area contributed by atoms with Crippen LogP contribution in [0.3, 0.4) is 0 Å². The Morgan fingerprint density at radius 2 is 0.979 bits per heavy atom. The highest BCUT2D eigenvalue weighted by Gasteiger charge is 2.16. The van der Waals surface area contributed by atoms with Crippen molar-refractivity contribution in [2.75, 3.05) is 0 Å². The summed E-state index contributed by atoms with van der Waals surface area (Å²) in [7, 11) is 0. The highest BCUT2D eigenvalue weighted by Crippen LogP contribution is 2.30. The quantitative estimate of drug-likeness (QED) is 0.191. The number of benzene rings is 2. The van der Waals surface area contributed by atoms with Crippen LogP contribution in [0.2, 0.25) is 0 Å². The first kappa shape index (κ1) is 34.2. The first-order valence-corrected chi connectivity index (χ1v) is 16.9. The lowest BCUT2D eigenvalue weighted by molar-refractivity contribution is 0.613. The zero-order valence-electron chi connectivity index (χ0n) is 29.5. The van der Waals surface area contributed by atoms with Crippen molar-refractivity contribution in [3.63, 3.8) is 0 Å². The number of hydrogen-bond acceptors (Lipinski definition) is 5. The Kier molecular flexibility index (Phi) is 11.2. The van der Waals surface area contributed by atoms with Crippen molar-refractivity contribution in [2.45, 2.75) is 79.9 Å². The van der Waals surface area contributed by atoms with Crippen molar-refractivity contribution in [1.82, 2.24) is 38.6 Å². The molecule has 5 aromatic heterocycles. The van der Waals surface area contributed by atoms with Crippen molar-refractivity contribution in [2.24, 2.45) is 5.92 Å². The summed E-state index contributed by atoms with van der Waals surface area (Å²) in [6, 6.07) is 25.8. The molecule has 0 spiro atoms. The molecule has 0 amide bonds. The molecule has 8 rings (SSSR count). The minimum Gasteiger partial charge on any atom is -0.328 e. The topological polar surface area (TPSA) is 79.2 Å². The van der Waals surface area contributed by atoms with Crippen LogP contribution in [0, 0.1) is 5.92 Å². The van der Waals surface area contributed by atoms with Crippen LogP contribution in [0.4, 0.5) is 0 Å². The van der Waals surface area contributed by atoms with E-state index < -0.39 is 0 Å². The third-order valence-electron chi connectivity index (χ3n) is 8.29. The van der Waals surface area contributed by atoms with E-state index >= 15 is 0 Å². The Labute approximate surface area is 284 Å². The Morgan fingerprint density at radius 3 is 1.54 bits per heavy atom. The maximum Gasteiger partial charge on any atom is 0.160 e. The molecule has 0 fully saturated rings. The number of imidazole rings is 3. The van der Waals surface area contributed by atoms with Gasteiger partial charge in [0.15, 0.2) is 5.65 Å². The number of pyridine rings is 2. The van der Waals surface area contributed by atoms with Crippen LogP contribution in [0.25, 0.3) is 38.8 Å². The molecular formula is C40H48N8. The second-order valence-corrected chi connectivity index (χ2v) is 13.1. The SMILES string of the molecule is CC(C)C1=CCc2cccnc21.CC(C)n1cnc2ccccc21.CC(C)n1cnc2ccccc21.CC(C)n1cnc2cccnc21. The number of para-hydroxylation sites is 4. The molecule has 248 valence electrons. The number of rotatable bonds is 4. The van der Waals surface area contributed by atoms with Gasteiger partial charge in [-0.1, -0.05) is 50.3 Å². The Hall–Kier alpha value is -5.11. The summed E-state index contributed by atoms with van der Waals surface area (Å²) in [6.45, 7) is 17.3. The van der Waals surface area contributed by atoms with Crippen molar-refractivity contribution >= 4 is 38.8 Å². The third kappa shape index (κ3) is 7.88. The summed E-state index contributed by atoms with van der Waals surface area (Å²) in [6.07, 6.45) is 12.7. The predicted octanol–water partition coefficient (Wildman–Crippen LogP) is 9.92. The normalized spacial score (nSPS) is 12.1. The summed E-state index contributed by atoms with van der Waals surface area (Å²) in [5, 5.41) is 0. The fraction of sp³-hybridized carbons (Fsp3) is 0.325. The minimum atomic E-state index is 0.421. The number of hydrogen-bond donors (Lipinski definition) is 0. The summed E-state index contributed by atoms with van der Waals surface area (Å²) in [4.78, 5) is 21.5. The number of allylic oxidation sites excluding steroid dienone is 2. The Morgan fingerprint density at radius 1 is 0.500 bits per heavy atom. The van der Waals surface area contributed by atoms with Gasteiger partial charge in [0.05, 0.1) is 46.7 Å². The van der Waals surface area contributed by atoms with Gasteiger partial charge in [0, 0.05) is 30.5 Å². The molecule has 0 atom stereocenters. The van der Waals surface area contributed by atoms with Crippen LogP contribution < -0.4 is 0 Å². The molecule has 1 aliphatic rings. The Bertz CT molecular complexity index is 1910. The maximum absolute atomic E-state index is 4.39. The molecule has 1 aliphatic carbocycles. The molecule has 2 aromatic carbocycles. The van der Waals surface area contributed by atoms with E-state index in [-0.39, 0.29) is 0 Å². The van der Waals surface area contributed by atoms with E-state index in [0.29, 0.717) is 24.0 Å². The fourth-order valence-corrected chi connectivity index (χ4v) is 5.71. The standard InChI is InChI=1S/C11H13N.2C10H12N2.C9H11N3/c1-8(2)10-6-5-9-4-3-7-12-11(9)10;2*1-8(2)12-7-11-9-5-3-4-6-10(9)12;1-7(2)12-6-11-8-4-3-5-10-9(8)12/h3-4,6-8H,5H2,1-2H3;2*3-8H,1-2H3;3-7H,1-2H3. The second-order valence-electron chi connectivity index (χ2n) is 13.1. The largest absolute Gasteiger partial charge is 0.328 e. The van der Waals surface area contributed by atoms with Crippen LogP contribution in [0.1, 0.15) is 84.8 Å². The maximum atomic E-state index is 4.39. The highest BCUT2D eigenvalue weighted by molar-refractivity contribution is 5.76. The van der Waals surface area contributed by atoms with Crippen molar-refractivity contribution in [3.8, 4) is 0 Å². The van der Waals surface area contributed by atoms with Gasteiger partial charge in [0.25, 0.3) is 0 Å². The third-order valence-corrected chi connectivity index (χ3v) is 8.29. The van der Waals surface area contributed by atoms with E-state index in [1.165, 1.54) is 27.9 Å². The molecule has 0 radical (unpaired) electrons. The molecule has 7 aromatic rings. The van der Waals surface area contributed by atoms with E-state index in [9.17, 15) is 0 Å². The zero-order chi connectivity index (χ0) is 34.2. The van der Waals surface area contributed by atoms with Crippen LogP contribution in [0.15, 0.2) is 110 Å². The zero-order valence-corrected chi connectivity index (χ0v) is 29.5. The first-order chi connectivity index (χ1) is 23.2. The van der Waals surface area contributed by atoms with E-state index in [4.69, 9.17) is 0 Å². The molecule has 0 bridgehead atoms. The van der Waals surface area contributed by atoms with Gasteiger partial charge in [0.2, 0.25) is 0 Å². The van der Waals surface area contributed by atoms with Crippen molar-refractivity contribution in [3.05, 3.63) is 122 Å². The highest BCUT2D eigenvalue weighted by atomic mass is 15.1. The number of fused-ring (bicyclic) bond motifs is 4. The van der Waals surface area contributed by atoms with E-state index in [0.717, 1.165) is 28.6 Å². The smallest absolute Gasteiger partial charge is 0.160 e. The molecule has 0 aliphatic heterocycles. The van der Waals surface area contributed by atoms with Crippen LogP contribution in [0.5, 0.6) is 0 Å². The van der Waals surface area contributed by atoms with Gasteiger partial charge in [-0.05, 0) is 107 Å². The molecule has 0 saturated heterocycles. The van der Waals surface area contributed by atoms with Crippen LogP contribution >= 0.6 is 0 Å². The van der Waals surface area contributed by atoms with Crippen LogP contribution in [-0.2, 0) is 6.42 Å². The monoisotopic (exact) mass is 640 g/mol. The average molecular weight is 641 g/mol. The minimum absolute atomic E-state index is 0.421. The van der Waals surface area contributed by atoms with Gasteiger partial charge in [0.1, 0.15) is 5.52 Å². The number of aromatic nitrogens is 8. The fourth-order valence-electron chi connectivity index (χ4n) is 5.71. The van der Waals surface area contributed by atoms with Gasteiger partial charge in [-0.25, -0.2) is 19.9 Å². The molecule has 8 heteroatoms.